The molecule has 0 spiro atoms. The van der Waals surface area contributed by atoms with Gasteiger partial charge in [0, 0.05) is 6.54 Å². The van der Waals surface area contributed by atoms with Crippen LogP contribution in [0.15, 0.2) is 41.4 Å². The van der Waals surface area contributed by atoms with Gasteiger partial charge in [0.2, 0.25) is 0 Å². The summed E-state index contributed by atoms with van der Waals surface area (Å²) in [7, 11) is 0. The Kier molecular flexibility index (Phi) is 5.20. The van der Waals surface area contributed by atoms with Crippen molar-refractivity contribution in [3.05, 3.63) is 47.8 Å². The fraction of sp³-hybridized carbons (Fsp3) is 0.308. The Labute approximate surface area is 101 Å². The van der Waals surface area contributed by atoms with E-state index in [2.05, 4.69) is 16.9 Å². The molecule has 0 heterocycles. The SMILES string of the molecule is C=C(C)CN=C(N)NCCc1ccccc1F. The maximum Gasteiger partial charge on any atom is 0.188 e. The van der Waals surface area contributed by atoms with Gasteiger partial charge in [0.25, 0.3) is 0 Å². The third kappa shape index (κ3) is 5.15. The first-order chi connectivity index (χ1) is 8.09. The zero-order valence-corrected chi connectivity index (χ0v) is 10.0. The first kappa shape index (κ1) is 13.2. The predicted molar refractivity (Wildman–Crippen MR) is 69.4 cm³/mol. The normalized spacial score (nSPS) is 11.3. The van der Waals surface area contributed by atoms with E-state index in [4.69, 9.17) is 5.73 Å². The van der Waals surface area contributed by atoms with Crippen molar-refractivity contribution in [1.29, 1.82) is 0 Å². The van der Waals surface area contributed by atoms with E-state index in [-0.39, 0.29) is 5.82 Å². The second-order valence-corrected chi connectivity index (χ2v) is 3.93. The average Bonchev–Trinajstić information content (AvgIpc) is 2.29. The van der Waals surface area contributed by atoms with Crippen LogP contribution < -0.4 is 11.1 Å². The Morgan fingerprint density at radius 2 is 2.18 bits per heavy atom. The highest BCUT2D eigenvalue weighted by Crippen LogP contribution is 2.05. The van der Waals surface area contributed by atoms with Crippen LogP contribution in [0.25, 0.3) is 0 Å². The quantitative estimate of drug-likeness (QED) is 0.465. The lowest BCUT2D eigenvalue weighted by Gasteiger charge is -2.06. The summed E-state index contributed by atoms with van der Waals surface area (Å²) >= 11 is 0. The maximum atomic E-state index is 13.3. The van der Waals surface area contributed by atoms with Gasteiger partial charge in [0.05, 0.1) is 6.54 Å². The lowest BCUT2D eigenvalue weighted by Crippen LogP contribution is -2.33. The molecule has 3 N–H and O–H groups in total. The lowest BCUT2D eigenvalue weighted by molar-refractivity contribution is 0.607. The van der Waals surface area contributed by atoms with Gasteiger partial charge in [-0.25, -0.2) is 9.38 Å². The molecule has 0 unspecified atom stereocenters. The minimum Gasteiger partial charge on any atom is -0.370 e. The van der Waals surface area contributed by atoms with E-state index in [1.165, 1.54) is 6.07 Å². The van der Waals surface area contributed by atoms with Gasteiger partial charge in [-0.15, -0.1) is 0 Å². The molecule has 0 radical (unpaired) electrons. The third-order valence-corrected chi connectivity index (χ3v) is 2.18. The number of hydrogen-bond donors (Lipinski definition) is 2. The van der Waals surface area contributed by atoms with E-state index in [1.807, 2.05) is 13.0 Å². The number of halogens is 1. The van der Waals surface area contributed by atoms with Gasteiger partial charge >= 0.3 is 0 Å². The first-order valence-corrected chi connectivity index (χ1v) is 5.51. The largest absolute Gasteiger partial charge is 0.370 e. The van der Waals surface area contributed by atoms with Gasteiger partial charge < -0.3 is 11.1 Å². The van der Waals surface area contributed by atoms with E-state index < -0.39 is 0 Å². The van der Waals surface area contributed by atoms with Crippen LogP contribution in [0.3, 0.4) is 0 Å². The molecule has 1 aromatic rings. The van der Waals surface area contributed by atoms with Crippen molar-refractivity contribution in [2.24, 2.45) is 10.7 Å². The molecule has 17 heavy (non-hydrogen) atoms. The summed E-state index contributed by atoms with van der Waals surface area (Å²) in [6.45, 7) is 6.69. The van der Waals surface area contributed by atoms with Crippen LogP contribution >= 0.6 is 0 Å². The topological polar surface area (TPSA) is 50.4 Å². The molecule has 0 fully saturated rings. The monoisotopic (exact) mass is 235 g/mol. The Morgan fingerprint density at radius 1 is 1.47 bits per heavy atom. The highest BCUT2D eigenvalue weighted by atomic mass is 19.1. The van der Waals surface area contributed by atoms with Gasteiger partial charge in [0.15, 0.2) is 5.96 Å². The molecule has 3 nitrogen and oxygen atoms in total. The number of nitrogens with zero attached hydrogens (tertiary/aromatic N) is 1. The smallest absolute Gasteiger partial charge is 0.188 e. The van der Waals surface area contributed by atoms with Gasteiger partial charge in [-0.05, 0) is 25.0 Å². The standard InChI is InChI=1S/C13H18FN3/c1-10(2)9-17-13(15)16-8-7-11-5-3-4-6-12(11)14/h3-6H,1,7-9H2,2H3,(H3,15,16,17). The summed E-state index contributed by atoms with van der Waals surface area (Å²) in [6, 6.07) is 6.71. The second-order valence-electron chi connectivity index (χ2n) is 3.93. The molecular weight excluding hydrogens is 217 g/mol. The zero-order chi connectivity index (χ0) is 12.7. The van der Waals surface area contributed by atoms with Gasteiger partial charge in [-0.1, -0.05) is 30.4 Å². The summed E-state index contributed by atoms with van der Waals surface area (Å²) in [5.74, 6) is 0.177. The molecule has 0 bridgehead atoms. The fourth-order valence-corrected chi connectivity index (χ4v) is 1.30. The van der Waals surface area contributed by atoms with Crippen LogP contribution in [0.1, 0.15) is 12.5 Å². The van der Waals surface area contributed by atoms with Crippen LogP contribution in [-0.4, -0.2) is 19.0 Å². The van der Waals surface area contributed by atoms with E-state index in [1.54, 1.807) is 12.1 Å². The van der Waals surface area contributed by atoms with Crippen molar-refractivity contribution in [1.82, 2.24) is 5.32 Å². The van der Waals surface area contributed by atoms with Crippen LogP contribution in [0.5, 0.6) is 0 Å². The molecular formula is C13H18FN3. The molecule has 0 atom stereocenters. The summed E-state index contributed by atoms with van der Waals surface area (Å²) in [5.41, 5.74) is 7.25. The molecule has 1 rings (SSSR count). The third-order valence-electron chi connectivity index (χ3n) is 2.18. The lowest BCUT2D eigenvalue weighted by atomic mass is 10.1. The maximum absolute atomic E-state index is 13.3. The van der Waals surface area contributed by atoms with Crippen molar-refractivity contribution in [3.8, 4) is 0 Å². The number of aliphatic imine (C=N–C) groups is 1. The van der Waals surface area contributed by atoms with Gasteiger partial charge in [-0.2, -0.15) is 0 Å². The molecule has 0 aliphatic carbocycles. The molecule has 0 amide bonds. The highest BCUT2D eigenvalue weighted by molar-refractivity contribution is 5.77. The molecule has 0 aliphatic rings. The van der Waals surface area contributed by atoms with Crippen LogP contribution in [0.4, 0.5) is 4.39 Å². The summed E-state index contributed by atoms with van der Waals surface area (Å²) < 4.78 is 13.3. The summed E-state index contributed by atoms with van der Waals surface area (Å²) in [5, 5.41) is 2.93. The van der Waals surface area contributed by atoms with E-state index in [9.17, 15) is 4.39 Å². The zero-order valence-electron chi connectivity index (χ0n) is 10.0. The molecule has 0 aromatic heterocycles. The van der Waals surface area contributed by atoms with Crippen molar-refractivity contribution in [2.75, 3.05) is 13.1 Å². The van der Waals surface area contributed by atoms with Crippen LogP contribution in [0.2, 0.25) is 0 Å². The van der Waals surface area contributed by atoms with E-state index >= 15 is 0 Å². The van der Waals surface area contributed by atoms with E-state index in [0.717, 1.165) is 5.57 Å². The van der Waals surface area contributed by atoms with Crippen LogP contribution in [0, 0.1) is 5.82 Å². The Balaban J connectivity index is 2.35. The van der Waals surface area contributed by atoms with Crippen molar-refractivity contribution < 1.29 is 4.39 Å². The molecule has 4 heteroatoms. The number of benzene rings is 1. The number of rotatable bonds is 5. The minimum atomic E-state index is -0.188. The molecule has 1 aromatic carbocycles. The number of hydrogen-bond acceptors (Lipinski definition) is 1. The number of nitrogens with two attached hydrogens (primary N) is 1. The van der Waals surface area contributed by atoms with Crippen molar-refractivity contribution in [2.45, 2.75) is 13.3 Å². The van der Waals surface area contributed by atoms with Gasteiger partial charge in [-0.3, -0.25) is 0 Å². The Bertz CT molecular complexity index is 413. The van der Waals surface area contributed by atoms with Gasteiger partial charge in [0.1, 0.15) is 5.82 Å². The second kappa shape index (κ2) is 6.68. The average molecular weight is 235 g/mol. The van der Waals surface area contributed by atoms with Crippen molar-refractivity contribution in [3.63, 3.8) is 0 Å². The number of nitrogens with one attached hydrogen (secondary N) is 1. The first-order valence-electron chi connectivity index (χ1n) is 5.51. The molecule has 0 saturated heterocycles. The summed E-state index contributed by atoms with van der Waals surface area (Å²) in [6.07, 6.45) is 0.579. The molecule has 0 saturated carbocycles. The fourth-order valence-electron chi connectivity index (χ4n) is 1.30. The van der Waals surface area contributed by atoms with E-state index in [0.29, 0.717) is 31.0 Å². The highest BCUT2D eigenvalue weighted by Gasteiger charge is 2.00. The minimum absolute atomic E-state index is 0.188. The van der Waals surface area contributed by atoms with Crippen molar-refractivity contribution >= 4 is 5.96 Å². The number of guanidine groups is 1. The molecule has 0 aliphatic heterocycles. The Hall–Kier alpha value is -1.84. The Morgan fingerprint density at radius 3 is 2.82 bits per heavy atom. The summed E-state index contributed by atoms with van der Waals surface area (Å²) in [4.78, 5) is 4.07. The molecule has 92 valence electrons. The van der Waals surface area contributed by atoms with Crippen LogP contribution in [-0.2, 0) is 6.42 Å². The predicted octanol–water partition coefficient (Wildman–Crippen LogP) is 1.85.